The molecule has 1 amide bonds. The van der Waals surface area contributed by atoms with Gasteiger partial charge in [-0.1, -0.05) is 36.7 Å². The van der Waals surface area contributed by atoms with Gasteiger partial charge < -0.3 is 5.32 Å². The molecule has 3 aromatic carbocycles. The molecule has 0 radical (unpaired) electrons. The lowest BCUT2D eigenvalue weighted by molar-refractivity contribution is 0.102. The quantitative estimate of drug-likeness (QED) is 0.569. The standard InChI is InChI=1S/C24H23ClN2O3S/c1-2-17-6-3-4-8-22(17)26-24(28)19-9-14-23-18(16-19)7-5-15-27(23)31(29,30)21-12-10-20(25)11-13-21/h3-4,6,8-14,16H,2,5,7,15H2,1H3,(H,26,28). The average Bonchev–Trinajstić information content (AvgIpc) is 2.79. The zero-order chi connectivity index (χ0) is 22.0. The summed E-state index contributed by atoms with van der Waals surface area (Å²) in [6, 6.07) is 19.1. The van der Waals surface area contributed by atoms with Crippen LogP contribution >= 0.6 is 11.6 Å². The number of amides is 1. The van der Waals surface area contributed by atoms with E-state index in [4.69, 9.17) is 11.6 Å². The molecule has 4 rings (SSSR count). The molecule has 1 aliphatic rings. The van der Waals surface area contributed by atoms with Gasteiger partial charge in [0.2, 0.25) is 0 Å². The van der Waals surface area contributed by atoms with Gasteiger partial charge in [-0.05, 0) is 78.9 Å². The molecule has 7 heteroatoms. The van der Waals surface area contributed by atoms with Gasteiger partial charge in [0.05, 0.1) is 10.6 Å². The molecule has 0 saturated heterocycles. The van der Waals surface area contributed by atoms with Crippen LogP contribution in [0.5, 0.6) is 0 Å². The zero-order valence-corrected chi connectivity index (χ0v) is 18.7. The van der Waals surface area contributed by atoms with E-state index in [0.717, 1.165) is 23.2 Å². The van der Waals surface area contributed by atoms with E-state index in [9.17, 15) is 13.2 Å². The van der Waals surface area contributed by atoms with Crippen LogP contribution in [0.15, 0.2) is 71.6 Å². The number of rotatable bonds is 5. The van der Waals surface area contributed by atoms with E-state index in [1.807, 2.05) is 31.2 Å². The van der Waals surface area contributed by atoms with Crippen molar-refractivity contribution in [2.45, 2.75) is 31.1 Å². The van der Waals surface area contributed by atoms with Crippen LogP contribution in [0.1, 0.15) is 34.8 Å². The van der Waals surface area contributed by atoms with Crippen LogP contribution in [0.4, 0.5) is 11.4 Å². The number of hydrogen-bond donors (Lipinski definition) is 1. The molecule has 31 heavy (non-hydrogen) atoms. The first-order valence-corrected chi connectivity index (χ1v) is 12.0. The molecule has 5 nitrogen and oxygen atoms in total. The topological polar surface area (TPSA) is 66.5 Å². The maximum atomic E-state index is 13.2. The number of benzene rings is 3. The van der Waals surface area contributed by atoms with Gasteiger partial charge in [0.25, 0.3) is 15.9 Å². The highest BCUT2D eigenvalue weighted by Gasteiger charge is 2.29. The molecular weight excluding hydrogens is 432 g/mol. The molecule has 0 spiro atoms. The van der Waals surface area contributed by atoms with Crippen molar-refractivity contribution in [1.29, 1.82) is 0 Å². The summed E-state index contributed by atoms with van der Waals surface area (Å²) in [6.07, 6.45) is 2.22. The number of halogens is 1. The smallest absolute Gasteiger partial charge is 0.264 e. The molecule has 0 aromatic heterocycles. The minimum Gasteiger partial charge on any atom is -0.322 e. The number of carbonyl (C=O) groups is 1. The average molecular weight is 455 g/mol. The minimum atomic E-state index is -3.71. The Labute approximate surface area is 187 Å². The van der Waals surface area contributed by atoms with E-state index in [-0.39, 0.29) is 10.8 Å². The number of sulfonamides is 1. The molecule has 1 aliphatic heterocycles. The number of anilines is 2. The van der Waals surface area contributed by atoms with Gasteiger partial charge in [-0.3, -0.25) is 9.10 Å². The van der Waals surface area contributed by atoms with E-state index >= 15 is 0 Å². The molecule has 1 heterocycles. The fourth-order valence-electron chi connectivity index (χ4n) is 3.83. The molecule has 0 aliphatic carbocycles. The number of fused-ring (bicyclic) bond motifs is 1. The van der Waals surface area contributed by atoms with E-state index in [0.29, 0.717) is 35.7 Å². The zero-order valence-electron chi connectivity index (χ0n) is 17.1. The van der Waals surface area contributed by atoms with Crippen LogP contribution in [0, 0.1) is 0 Å². The first-order valence-electron chi connectivity index (χ1n) is 10.2. The van der Waals surface area contributed by atoms with Crippen molar-refractivity contribution in [3.05, 3.63) is 88.4 Å². The van der Waals surface area contributed by atoms with E-state index in [1.54, 1.807) is 30.3 Å². The van der Waals surface area contributed by atoms with Gasteiger partial charge in [0.1, 0.15) is 0 Å². The molecule has 0 unspecified atom stereocenters. The molecule has 0 atom stereocenters. The van der Waals surface area contributed by atoms with Gasteiger partial charge in [-0.2, -0.15) is 0 Å². The van der Waals surface area contributed by atoms with Gasteiger partial charge in [-0.25, -0.2) is 8.42 Å². The Morgan fingerprint density at radius 3 is 2.55 bits per heavy atom. The van der Waals surface area contributed by atoms with Crippen molar-refractivity contribution in [3.63, 3.8) is 0 Å². The predicted octanol–water partition coefficient (Wildman–Crippen LogP) is 5.30. The molecule has 3 aromatic rings. The normalized spacial score (nSPS) is 13.5. The fourth-order valence-corrected chi connectivity index (χ4v) is 5.50. The van der Waals surface area contributed by atoms with Gasteiger partial charge >= 0.3 is 0 Å². The lowest BCUT2D eigenvalue weighted by Gasteiger charge is -2.30. The highest BCUT2D eigenvalue weighted by molar-refractivity contribution is 7.92. The third-order valence-electron chi connectivity index (χ3n) is 5.47. The maximum absolute atomic E-state index is 13.2. The van der Waals surface area contributed by atoms with E-state index in [2.05, 4.69) is 5.32 Å². The first kappa shape index (κ1) is 21.4. The second kappa shape index (κ2) is 8.73. The molecule has 0 saturated carbocycles. The Morgan fingerprint density at radius 2 is 1.81 bits per heavy atom. The maximum Gasteiger partial charge on any atom is 0.264 e. The highest BCUT2D eigenvalue weighted by atomic mass is 35.5. The molecule has 0 bridgehead atoms. The highest BCUT2D eigenvalue weighted by Crippen LogP contribution is 2.33. The van der Waals surface area contributed by atoms with Crippen LogP contribution in [0.25, 0.3) is 0 Å². The summed E-state index contributed by atoms with van der Waals surface area (Å²) >= 11 is 5.91. The van der Waals surface area contributed by atoms with Crippen LogP contribution in [0.2, 0.25) is 5.02 Å². The number of carbonyl (C=O) groups excluding carboxylic acids is 1. The van der Waals surface area contributed by atoms with Crippen molar-refractivity contribution < 1.29 is 13.2 Å². The van der Waals surface area contributed by atoms with Crippen LogP contribution in [0.3, 0.4) is 0 Å². The number of nitrogens with zero attached hydrogens (tertiary/aromatic N) is 1. The van der Waals surface area contributed by atoms with Crippen LogP contribution < -0.4 is 9.62 Å². The second-order valence-corrected chi connectivity index (χ2v) is 9.74. The number of para-hydroxylation sites is 1. The Hall–Kier alpha value is -2.83. The Kier molecular flexibility index (Phi) is 6.03. The summed E-state index contributed by atoms with van der Waals surface area (Å²) in [7, 11) is -3.71. The largest absolute Gasteiger partial charge is 0.322 e. The van der Waals surface area contributed by atoms with Gasteiger partial charge in [0.15, 0.2) is 0 Å². The Bertz CT molecular complexity index is 1220. The third kappa shape index (κ3) is 4.31. The molecule has 160 valence electrons. The van der Waals surface area contributed by atoms with Crippen LogP contribution in [-0.2, 0) is 22.9 Å². The van der Waals surface area contributed by atoms with Crippen molar-refractivity contribution in [1.82, 2.24) is 0 Å². The van der Waals surface area contributed by atoms with Crippen molar-refractivity contribution in [2.24, 2.45) is 0 Å². The minimum absolute atomic E-state index is 0.197. The lowest BCUT2D eigenvalue weighted by atomic mass is 10.0. The van der Waals surface area contributed by atoms with E-state index in [1.165, 1.54) is 16.4 Å². The lowest BCUT2D eigenvalue weighted by Crippen LogP contribution is -2.35. The van der Waals surface area contributed by atoms with Crippen molar-refractivity contribution in [2.75, 3.05) is 16.2 Å². The monoisotopic (exact) mass is 454 g/mol. The second-order valence-electron chi connectivity index (χ2n) is 7.44. The molecular formula is C24H23ClN2O3S. The summed E-state index contributed by atoms with van der Waals surface area (Å²) in [4.78, 5) is 13.0. The summed E-state index contributed by atoms with van der Waals surface area (Å²) in [6.45, 7) is 2.44. The molecule has 1 N–H and O–H groups in total. The fraction of sp³-hybridized carbons (Fsp3) is 0.208. The third-order valence-corrected chi connectivity index (χ3v) is 7.55. The Balaban J connectivity index is 1.63. The predicted molar refractivity (Wildman–Crippen MR) is 125 cm³/mol. The summed E-state index contributed by atoms with van der Waals surface area (Å²) in [5.41, 5.74) is 3.83. The first-order chi connectivity index (χ1) is 14.9. The van der Waals surface area contributed by atoms with E-state index < -0.39 is 10.0 Å². The SMILES string of the molecule is CCc1ccccc1NC(=O)c1ccc2c(c1)CCCN2S(=O)(=O)c1ccc(Cl)cc1. The summed E-state index contributed by atoms with van der Waals surface area (Å²) in [5.74, 6) is -0.207. The number of aryl methyl sites for hydroxylation is 2. The Morgan fingerprint density at radius 1 is 1.06 bits per heavy atom. The number of nitrogens with one attached hydrogen (secondary N) is 1. The summed E-state index contributed by atoms with van der Waals surface area (Å²) in [5, 5.41) is 3.46. The summed E-state index contributed by atoms with van der Waals surface area (Å²) < 4.78 is 27.8. The van der Waals surface area contributed by atoms with Crippen molar-refractivity contribution in [3.8, 4) is 0 Å². The van der Waals surface area contributed by atoms with Crippen molar-refractivity contribution >= 4 is 38.9 Å². The van der Waals surface area contributed by atoms with Gasteiger partial charge in [0, 0.05) is 22.8 Å². The van der Waals surface area contributed by atoms with Gasteiger partial charge in [-0.15, -0.1) is 0 Å². The van der Waals surface area contributed by atoms with Crippen LogP contribution in [-0.4, -0.2) is 20.9 Å². The molecule has 0 fully saturated rings. The number of hydrogen-bond acceptors (Lipinski definition) is 3.